The van der Waals surface area contributed by atoms with Gasteiger partial charge in [0.25, 0.3) is 5.91 Å². The fourth-order valence-corrected chi connectivity index (χ4v) is 6.09. The molecule has 1 aromatic heterocycles. The second-order valence-electron chi connectivity index (χ2n) is 7.44. The molecular formula is C19H21N2O4S-. The van der Waals surface area contributed by atoms with Crippen LogP contribution < -0.4 is 16.2 Å². The van der Waals surface area contributed by atoms with Gasteiger partial charge in [0, 0.05) is 16.8 Å². The Bertz CT molecular complexity index is 813. The first-order valence-electron chi connectivity index (χ1n) is 9.11. The van der Waals surface area contributed by atoms with E-state index in [9.17, 15) is 19.5 Å². The topological polar surface area (TPSA) is 112 Å². The van der Waals surface area contributed by atoms with Crippen LogP contribution in [0.25, 0.3) is 0 Å². The number of carboxylic acid groups (broad SMARTS) is 1. The zero-order valence-corrected chi connectivity index (χ0v) is 15.1. The molecule has 1 heterocycles. The maximum Gasteiger partial charge on any atom is 0.251 e. The number of allylic oxidation sites excluding steroid dienone is 2. The van der Waals surface area contributed by atoms with E-state index in [2.05, 4.69) is 5.32 Å². The van der Waals surface area contributed by atoms with Gasteiger partial charge in [0.1, 0.15) is 5.00 Å². The Balaban J connectivity index is 1.63. The van der Waals surface area contributed by atoms with Gasteiger partial charge in [-0.25, -0.2) is 0 Å². The van der Waals surface area contributed by atoms with Gasteiger partial charge in [-0.1, -0.05) is 18.6 Å². The Kier molecular flexibility index (Phi) is 4.34. The van der Waals surface area contributed by atoms with E-state index in [-0.39, 0.29) is 17.7 Å². The highest BCUT2D eigenvalue weighted by Gasteiger charge is 2.49. The second kappa shape index (κ2) is 6.54. The number of rotatable bonds is 4. The van der Waals surface area contributed by atoms with Gasteiger partial charge in [0.15, 0.2) is 0 Å². The molecule has 3 N–H and O–H groups in total. The minimum absolute atomic E-state index is 0.0854. The first-order valence-corrected chi connectivity index (χ1v) is 9.93. The van der Waals surface area contributed by atoms with Crippen LogP contribution in [0.5, 0.6) is 0 Å². The molecule has 3 aliphatic carbocycles. The third kappa shape index (κ3) is 2.74. The Labute approximate surface area is 155 Å². The normalized spacial score (nSPS) is 29.2. The van der Waals surface area contributed by atoms with Gasteiger partial charge in [-0.3, -0.25) is 9.59 Å². The minimum Gasteiger partial charge on any atom is -0.550 e. The zero-order valence-electron chi connectivity index (χ0n) is 14.3. The first-order chi connectivity index (χ1) is 12.5. The number of aliphatic carboxylic acids is 1. The summed E-state index contributed by atoms with van der Waals surface area (Å²) in [5.74, 6) is -3.76. The summed E-state index contributed by atoms with van der Waals surface area (Å²) in [6.07, 6.45) is 9.31. The van der Waals surface area contributed by atoms with Crippen LogP contribution in [0.1, 0.15) is 46.5 Å². The molecule has 2 bridgehead atoms. The smallest absolute Gasteiger partial charge is 0.251 e. The molecular weight excluding hydrogens is 352 g/mol. The molecule has 1 fully saturated rings. The van der Waals surface area contributed by atoms with Crippen LogP contribution in [0, 0.1) is 23.7 Å². The summed E-state index contributed by atoms with van der Waals surface area (Å²) in [4.78, 5) is 37.6. The lowest BCUT2D eigenvalue weighted by molar-refractivity contribution is -0.313. The highest BCUT2D eigenvalue weighted by molar-refractivity contribution is 7.17. The molecule has 0 aromatic carbocycles. The van der Waals surface area contributed by atoms with Crippen molar-refractivity contribution in [2.75, 3.05) is 5.32 Å². The molecule has 0 saturated heterocycles. The largest absolute Gasteiger partial charge is 0.550 e. The number of carboxylic acids is 1. The highest BCUT2D eigenvalue weighted by Crippen LogP contribution is 2.48. The van der Waals surface area contributed by atoms with Crippen LogP contribution in [0.15, 0.2) is 12.2 Å². The Morgan fingerprint density at radius 2 is 1.77 bits per heavy atom. The van der Waals surface area contributed by atoms with E-state index in [4.69, 9.17) is 5.73 Å². The quantitative estimate of drug-likeness (QED) is 0.611. The average Bonchev–Trinajstić information content (AvgIpc) is 3.23. The van der Waals surface area contributed by atoms with Crippen molar-refractivity contribution in [2.45, 2.75) is 38.5 Å². The number of anilines is 1. The number of aryl methyl sites for hydroxylation is 1. The molecule has 0 spiro atoms. The number of fused-ring (bicyclic) bond motifs is 3. The van der Waals surface area contributed by atoms with E-state index >= 15 is 0 Å². The van der Waals surface area contributed by atoms with Gasteiger partial charge in [0.2, 0.25) is 5.91 Å². The van der Waals surface area contributed by atoms with Gasteiger partial charge in [-0.2, -0.15) is 0 Å². The third-order valence-electron chi connectivity index (χ3n) is 5.94. The van der Waals surface area contributed by atoms with Crippen LogP contribution in [-0.2, 0) is 22.4 Å². The van der Waals surface area contributed by atoms with Crippen molar-refractivity contribution in [3.05, 3.63) is 28.2 Å². The number of amides is 2. The van der Waals surface area contributed by atoms with Crippen molar-refractivity contribution >= 4 is 34.1 Å². The summed E-state index contributed by atoms with van der Waals surface area (Å²) < 4.78 is 0. The van der Waals surface area contributed by atoms with Crippen LogP contribution in [0.4, 0.5) is 5.00 Å². The molecule has 0 aliphatic heterocycles. The van der Waals surface area contributed by atoms with E-state index in [1.165, 1.54) is 11.3 Å². The summed E-state index contributed by atoms with van der Waals surface area (Å²) in [6.45, 7) is 0. The standard InChI is InChI=1S/C19H22N2O4S/c20-16(22)15-11-4-2-1-3-5-12(11)26-18(15)21-17(23)13-9-6-7-10(8-9)14(13)19(24)25/h6-7,9-10,13-14H,1-5,8H2,(H2,20,22)(H,21,23)(H,24,25)/p-1/t9-,10-,13+,14-/m0/s1. The molecule has 26 heavy (non-hydrogen) atoms. The van der Waals surface area contributed by atoms with E-state index < -0.39 is 23.7 Å². The van der Waals surface area contributed by atoms with Crippen LogP contribution in [-0.4, -0.2) is 17.8 Å². The number of carbonyl (C=O) groups is 3. The van der Waals surface area contributed by atoms with Gasteiger partial charge in [-0.15, -0.1) is 11.3 Å². The van der Waals surface area contributed by atoms with E-state index in [1.54, 1.807) is 0 Å². The molecule has 4 rings (SSSR count). The van der Waals surface area contributed by atoms with Gasteiger partial charge < -0.3 is 21.0 Å². The lowest BCUT2D eigenvalue weighted by Gasteiger charge is -2.27. The lowest BCUT2D eigenvalue weighted by atomic mass is 9.82. The van der Waals surface area contributed by atoms with Crippen LogP contribution >= 0.6 is 11.3 Å². The molecule has 0 radical (unpaired) electrons. The van der Waals surface area contributed by atoms with Crippen molar-refractivity contribution < 1.29 is 19.5 Å². The molecule has 7 heteroatoms. The number of carbonyl (C=O) groups excluding carboxylic acids is 3. The van der Waals surface area contributed by atoms with Gasteiger partial charge >= 0.3 is 0 Å². The van der Waals surface area contributed by atoms with Crippen molar-refractivity contribution in [1.82, 2.24) is 0 Å². The predicted octanol–water partition coefficient (Wildman–Crippen LogP) is 1.24. The van der Waals surface area contributed by atoms with Gasteiger partial charge in [0.05, 0.1) is 11.5 Å². The molecule has 3 aliphatic rings. The zero-order chi connectivity index (χ0) is 18.4. The number of nitrogens with one attached hydrogen (secondary N) is 1. The molecule has 1 aromatic rings. The van der Waals surface area contributed by atoms with Crippen molar-refractivity contribution in [3.63, 3.8) is 0 Å². The Morgan fingerprint density at radius 1 is 1.08 bits per heavy atom. The first kappa shape index (κ1) is 17.3. The Hall–Kier alpha value is -2.15. The summed E-state index contributed by atoms with van der Waals surface area (Å²) in [5, 5.41) is 14.8. The van der Waals surface area contributed by atoms with E-state index in [0.29, 0.717) is 17.0 Å². The molecule has 2 amide bonds. The Morgan fingerprint density at radius 3 is 2.46 bits per heavy atom. The van der Waals surface area contributed by atoms with E-state index in [1.807, 2.05) is 12.2 Å². The number of primary amides is 1. The third-order valence-corrected chi connectivity index (χ3v) is 7.15. The average molecular weight is 373 g/mol. The number of nitrogens with two attached hydrogens (primary N) is 1. The van der Waals surface area contributed by atoms with Crippen LogP contribution in [0.2, 0.25) is 0 Å². The molecule has 1 saturated carbocycles. The summed E-state index contributed by atoms with van der Waals surface area (Å²) in [5.41, 5.74) is 6.96. The van der Waals surface area contributed by atoms with Crippen molar-refractivity contribution in [2.24, 2.45) is 29.4 Å². The number of thiophene rings is 1. The maximum absolute atomic E-state index is 12.9. The lowest BCUT2D eigenvalue weighted by Crippen LogP contribution is -2.43. The monoisotopic (exact) mass is 373 g/mol. The second-order valence-corrected chi connectivity index (χ2v) is 8.55. The van der Waals surface area contributed by atoms with Crippen LogP contribution in [0.3, 0.4) is 0 Å². The predicted molar refractivity (Wildman–Crippen MR) is 95.4 cm³/mol. The fourth-order valence-electron chi connectivity index (χ4n) is 4.79. The highest BCUT2D eigenvalue weighted by atomic mass is 32.1. The van der Waals surface area contributed by atoms with Crippen molar-refractivity contribution in [1.29, 1.82) is 0 Å². The van der Waals surface area contributed by atoms with Gasteiger partial charge in [-0.05, 0) is 49.5 Å². The molecule has 0 unspecified atom stereocenters. The van der Waals surface area contributed by atoms with Crippen molar-refractivity contribution in [3.8, 4) is 0 Å². The number of hydrogen-bond donors (Lipinski definition) is 2. The summed E-state index contributed by atoms with van der Waals surface area (Å²) >= 11 is 1.41. The molecule has 138 valence electrons. The molecule has 4 atom stereocenters. The summed E-state index contributed by atoms with van der Waals surface area (Å²) in [6, 6.07) is 0. The maximum atomic E-state index is 12.9. The van der Waals surface area contributed by atoms with E-state index in [0.717, 1.165) is 42.5 Å². The minimum atomic E-state index is -1.18. The molecule has 6 nitrogen and oxygen atoms in total. The fraction of sp³-hybridized carbons (Fsp3) is 0.526. The SMILES string of the molecule is NC(=O)c1c(NC(=O)[C@H]2[C@@H](C(=O)[O-])[C@H]3C=C[C@H]2C3)sc2c1CCCCC2. The summed E-state index contributed by atoms with van der Waals surface area (Å²) in [7, 11) is 0. The number of hydrogen-bond acceptors (Lipinski definition) is 5.